The second kappa shape index (κ2) is 7.75. The zero-order chi connectivity index (χ0) is 14.2. The largest absolute Gasteiger partial charge is 0.322 e. The Kier molecular flexibility index (Phi) is 5.69. The van der Waals surface area contributed by atoms with Gasteiger partial charge in [0.1, 0.15) is 0 Å². The number of unbranched alkanes of at least 4 members (excludes halogenated alkanes) is 1. The van der Waals surface area contributed by atoms with E-state index >= 15 is 0 Å². The number of nitrogens with one attached hydrogen (secondary N) is 1. The van der Waals surface area contributed by atoms with Crippen molar-refractivity contribution >= 4 is 23.4 Å². The quantitative estimate of drug-likeness (QED) is 0.608. The predicted octanol–water partition coefficient (Wildman–Crippen LogP) is 4.83. The lowest BCUT2D eigenvalue weighted by Gasteiger charge is -2.06. The van der Waals surface area contributed by atoms with Crippen LogP contribution in [0.2, 0.25) is 0 Å². The van der Waals surface area contributed by atoms with Gasteiger partial charge in [-0.3, -0.25) is 4.79 Å². The first-order chi connectivity index (χ1) is 9.79. The third-order valence-corrected chi connectivity index (χ3v) is 4.01. The zero-order valence-electron chi connectivity index (χ0n) is 11.6. The van der Waals surface area contributed by atoms with Crippen molar-refractivity contribution in [3.05, 3.63) is 60.2 Å². The molecule has 104 valence electrons. The van der Waals surface area contributed by atoms with Crippen molar-refractivity contribution in [3.8, 4) is 0 Å². The first kappa shape index (κ1) is 14.7. The van der Waals surface area contributed by atoms with Crippen LogP contribution in [0, 0.1) is 0 Å². The Bertz CT molecular complexity index is 537. The van der Waals surface area contributed by atoms with Gasteiger partial charge in [-0.05, 0) is 48.6 Å². The molecule has 1 N–H and O–H groups in total. The van der Waals surface area contributed by atoms with E-state index < -0.39 is 0 Å². The van der Waals surface area contributed by atoms with E-state index in [4.69, 9.17) is 0 Å². The maximum atomic E-state index is 12.1. The van der Waals surface area contributed by atoms with Crippen LogP contribution in [0.1, 0.15) is 30.1 Å². The maximum absolute atomic E-state index is 12.1. The summed E-state index contributed by atoms with van der Waals surface area (Å²) < 4.78 is 0. The molecule has 0 aliphatic rings. The van der Waals surface area contributed by atoms with E-state index in [-0.39, 0.29) is 5.91 Å². The molecule has 0 saturated heterocycles. The molecule has 0 aliphatic carbocycles. The molecule has 20 heavy (non-hydrogen) atoms. The van der Waals surface area contributed by atoms with E-state index in [9.17, 15) is 4.79 Å². The average molecular weight is 285 g/mol. The van der Waals surface area contributed by atoms with E-state index in [1.807, 2.05) is 66.4 Å². The van der Waals surface area contributed by atoms with Crippen LogP contribution in [-0.2, 0) is 0 Å². The summed E-state index contributed by atoms with van der Waals surface area (Å²) in [5, 5.41) is 2.88. The van der Waals surface area contributed by atoms with Gasteiger partial charge in [-0.15, -0.1) is 11.8 Å². The minimum atomic E-state index is -0.0682. The van der Waals surface area contributed by atoms with Crippen LogP contribution in [0.25, 0.3) is 0 Å². The molecule has 0 atom stereocenters. The number of carbonyl (C=O) groups is 1. The topological polar surface area (TPSA) is 29.1 Å². The van der Waals surface area contributed by atoms with Gasteiger partial charge in [0.25, 0.3) is 5.91 Å². The summed E-state index contributed by atoms with van der Waals surface area (Å²) in [6.07, 6.45) is 2.44. The fraction of sp³-hybridized carbons (Fsp3) is 0.235. The average Bonchev–Trinajstić information content (AvgIpc) is 2.49. The maximum Gasteiger partial charge on any atom is 0.255 e. The molecule has 0 aromatic heterocycles. The number of carbonyl (C=O) groups excluding carboxylic acids is 1. The summed E-state index contributed by atoms with van der Waals surface area (Å²) in [5.41, 5.74) is 1.51. The van der Waals surface area contributed by atoms with Crippen LogP contribution >= 0.6 is 11.8 Å². The number of para-hydroxylation sites is 1. The van der Waals surface area contributed by atoms with Gasteiger partial charge in [-0.25, -0.2) is 0 Å². The van der Waals surface area contributed by atoms with Gasteiger partial charge >= 0.3 is 0 Å². The van der Waals surface area contributed by atoms with Gasteiger partial charge in [-0.2, -0.15) is 0 Å². The predicted molar refractivity (Wildman–Crippen MR) is 86.5 cm³/mol. The number of hydrogen-bond donors (Lipinski definition) is 1. The molecule has 2 aromatic carbocycles. The number of benzene rings is 2. The SMILES string of the molecule is CCCCSc1ccc(C(=O)Nc2ccccc2)cc1. The molecule has 2 aromatic rings. The minimum absolute atomic E-state index is 0.0682. The van der Waals surface area contributed by atoms with Crippen molar-refractivity contribution in [3.63, 3.8) is 0 Å². The van der Waals surface area contributed by atoms with Gasteiger partial charge in [0, 0.05) is 16.1 Å². The van der Waals surface area contributed by atoms with Crippen molar-refractivity contribution in [1.29, 1.82) is 0 Å². The lowest BCUT2D eigenvalue weighted by molar-refractivity contribution is 0.102. The number of thioether (sulfide) groups is 1. The Balaban J connectivity index is 1.94. The molecule has 0 spiro atoms. The zero-order valence-corrected chi connectivity index (χ0v) is 12.5. The van der Waals surface area contributed by atoms with Crippen LogP contribution in [0.4, 0.5) is 5.69 Å². The smallest absolute Gasteiger partial charge is 0.255 e. The molecule has 3 heteroatoms. The molecular formula is C17H19NOS. The van der Waals surface area contributed by atoms with Gasteiger partial charge in [0.05, 0.1) is 0 Å². The second-order valence-corrected chi connectivity index (χ2v) is 5.71. The normalized spacial score (nSPS) is 10.2. The van der Waals surface area contributed by atoms with Crippen LogP contribution in [0.3, 0.4) is 0 Å². The lowest BCUT2D eigenvalue weighted by Crippen LogP contribution is -2.11. The fourth-order valence-electron chi connectivity index (χ4n) is 1.76. The monoisotopic (exact) mass is 285 g/mol. The van der Waals surface area contributed by atoms with Crippen molar-refractivity contribution in [1.82, 2.24) is 0 Å². The Morgan fingerprint density at radius 2 is 1.75 bits per heavy atom. The van der Waals surface area contributed by atoms with Gasteiger partial charge < -0.3 is 5.32 Å². The van der Waals surface area contributed by atoms with Crippen LogP contribution < -0.4 is 5.32 Å². The number of rotatable bonds is 6. The third-order valence-electron chi connectivity index (χ3n) is 2.91. The Hall–Kier alpha value is -1.74. The molecule has 0 unspecified atom stereocenters. The second-order valence-electron chi connectivity index (χ2n) is 4.55. The summed E-state index contributed by atoms with van der Waals surface area (Å²) in [5.74, 6) is 1.06. The lowest BCUT2D eigenvalue weighted by atomic mass is 10.2. The Morgan fingerprint density at radius 1 is 1.05 bits per heavy atom. The molecule has 2 rings (SSSR count). The summed E-state index contributed by atoms with van der Waals surface area (Å²) in [6, 6.07) is 17.3. The van der Waals surface area contributed by atoms with Crippen LogP contribution in [-0.4, -0.2) is 11.7 Å². The molecule has 0 saturated carbocycles. The summed E-state index contributed by atoms with van der Waals surface area (Å²) >= 11 is 1.84. The van der Waals surface area contributed by atoms with Crippen molar-refractivity contribution in [2.24, 2.45) is 0 Å². The molecule has 0 fully saturated rings. The van der Waals surface area contributed by atoms with Crippen molar-refractivity contribution < 1.29 is 4.79 Å². The molecular weight excluding hydrogens is 266 g/mol. The highest BCUT2D eigenvalue weighted by Gasteiger charge is 2.05. The van der Waals surface area contributed by atoms with E-state index in [1.54, 1.807) is 0 Å². The molecule has 0 heterocycles. The highest BCUT2D eigenvalue weighted by Crippen LogP contribution is 2.20. The number of amides is 1. The molecule has 2 nitrogen and oxygen atoms in total. The standard InChI is InChI=1S/C17H19NOS/c1-2-3-13-20-16-11-9-14(10-12-16)17(19)18-15-7-5-4-6-8-15/h4-12H,2-3,13H2,1H3,(H,18,19). The van der Waals surface area contributed by atoms with Crippen molar-refractivity contribution in [2.45, 2.75) is 24.7 Å². The minimum Gasteiger partial charge on any atom is -0.322 e. The summed E-state index contributed by atoms with van der Waals surface area (Å²) in [4.78, 5) is 13.3. The van der Waals surface area contributed by atoms with Gasteiger partial charge in [0.2, 0.25) is 0 Å². The van der Waals surface area contributed by atoms with E-state index in [2.05, 4.69) is 12.2 Å². The van der Waals surface area contributed by atoms with Crippen molar-refractivity contribution in [2.75, 3.05) is 11.1 Å². The highest BCUT2D eigenvalue weighted by molar-refractivity contribution is 7.99. The van der Waals surface area contributed by atoms with E-state index in [0.717, 1.165) is 11.4 Å². The molecule has 1 amide bonds. The van der Waals surface area contributed by atoms with E-state index in [1.165, 1.54) is 17.7 Å². The fourth-order valence-corrected chi connectivity index (χ4v) is 2.76. The van der Waals surface area contributed by atoms with Crippen LogP contribution in [0.15, 0.2) is 59.5 Å². The number of anilines is 1. The third kappa shape index (κ3) is 4.42. The first-order valence-corrected chi connectivity index (χ1v) is 7.87. The Labute approximate surface area is 124 Å². The Morgan fingerprint density at radius 3 is 2.40 bits per heavy atom. The molecule has 0 aliphatic heterocycles. The summed E-state index contributed by atoms with van der Waals surface area (Å²) in [7, 11) is 0. The number of hydrogen-bond acceptors (Lipinski definition) is 2. The van der Waals surface area contributed by atoms with Gasteiger partial charge in [0.15, 0.2) is 0 Å². The first-order valence-electron chi connectivity index (χ1n) is 6.89. The summed E-state index contributed by atoms with van der Waals surface area (Å²) in [6.45, 7) is 2.19. The van der Waals surface area contributed by atoms with Gasteiger partial charge in [-0.1, -0.05) is 31.5 Å². The molecule has 0 bridgehead atoms. The van der Waals surface area contributed by atoms with E-state index in [0.29, 0.717) is 5.56 Å². The highest BCUT2D eigenvalue weighted by atomic mass is 32.2. The molecule has 0 radical (unpaired) electrons. The van der Waals surface area contributed by atoms with Crippen LogP contribution in [0.5, 0.6) is 0 Å².